The van der Waals surface area contributed by atoms with E-state index in [2.05, 4.69) is 0 Å². The van der Waals surface area contributed by atoms with Crippen LogP contribution in [0.15, 0.2) is 11.1 Å². The molecule has 0 aliphatic carbocycles. The lowest BCUT2D eigenvalue weighted by Crippen LogP contribution is -2.06. The van der Waals surface area contributed by atoms with Crippen molar-refractivity contribution >= 4 is 11.8 Å². The van der Waals surface area contributed by atoms with E-state index in [0.717, 1.165) is 0 Å². The van der Waals surface area contributed by atoms with Crippen LogP contribution in [0.2, 0.25) is 0 Å². The van der Waals surface area contributed by atoms with Gasteiger partial charge in [0.25, 0.3) is 0 Å². The van der Waals surface area contributed by atoms with Gasteiger partial charge in [-0.3, -0.25) is 4.79 Å². The summed E-state index contributed by atoms with van der Waals surface area (Å²) in [5, 5.41) is 8.58. The lowest BCUT2D eigenvalue weighted by Gasteiger charge is -2.00. The fourth-order valence-corrected chi connectivity index (χ4v) is 0.789. The lowest BCUT2D eigenvalue weighted by molar-refractivity contribution is -0.133. The van der Waals surface area contributed by atoms with Gasteiger partial charge in [0.2, 0.25) is 0 Å². The van der Waals surface area contributed by atoms with Crippen LogP contribution in [0.4, 0.5) is 0 Å². The van der Waals surface area contributed by atoms with Gasteiger partial charge in [0, 0.05) is 11.1 Å². The topological polar surface area (TPSA) is 54.4 Å². The number of carbonyl (C=O) groups excluding carboxylic acids is 1. The predicted octanol–water partition coefficient (Wildman–Crippen LogP) is 1.39. The van der Waals surface area contributed by atoms with Crippen molar-refractivity contribution < 1.29 is 14.7 Å². The van der Waals surface area contributed by atoms with Crippen LogP contribution < -0.4 is 0 Å². The third kappa shape index (κ3) is 2.53. The van der Waals surface area contributed by atoms with E-state index in [-0.39, 0.29) is 11.4 Å². The molecule has 0 atom stereocenters. The molecule has 1 N–H and O–H groups in total. The summed E-state index contributed by atoms with van der Waals surface area (Å²) in [7, 11) is 0. The van der Waals surface area contributed by atoms with E-state index < -0.39 is 5.97 Å². The van der Waals surface area contributed by atoms with E-state index in [4.69, 9.17) is 5.11 Å². The van der Waals surface area contributed by atoms with Crippen molar-refractivity contribution in [1.29, 1.82) is 0 Å². The molecule has 11 heavy (non-hydrogen) atoms. The van der Waals surface area contributed by atoms with Gasteiger partial charge in [0.15, 0.2) is 5.78 Å². The molecule has 0 saturated heterocycles. The van der Waals surface area contributed by atoms with E-state index in [1.165, 1.54) is 13.8 Å². The average molecular weight is 156 g/mol. The number of ketones is 1. The predicted molar refractivity (Wildman–Crippen MR) is 41.3 cm³/mol. The van der Waals surface area contributed by atoms with Gasteiger partial charge in [-0.2, -0.15) is 0 Å². The molecule has 0 aromatic rings. The molecule has 0 bridgehead atoms. The largest absolute Gasteiger partial charge is 0.478 e. The molecular weight excluding hydrogens is 144 g/mol. The van der Waals surface area contributed by atoms with Crippen LogP contribution in [0.25, 0.3) is 0 Å². The van der Waals surface area contributed by atoms with Crippen LogP contribution >= 0.6 is 0 Å². The highest BCUT2D eigenvalue weighted by Crippen LogP contribution is 2.08. The van der Waals surface area contributed by atoms with Gasteiger partial charge >= 0.3 is 5.97 Å². The first kappa shape index (κ1) is 9.88. The Morgan fingerprint density at radius 3 is 1.82 bits per heavy atom. The zero-order valence-corrected chi connectivity index (χ0v) is 6.97. The van der Waals surface area contributed by atoms with Crippen molar-refractivity contribution in [2.75, 3.05) is 0 Å². The maximum Gasteiger partial charge on any atom is 0.331 e. The van der Waals surface area contributed by atoms with E-state index in [0.29, 0.717) is 12.0 Å². The Morgan fingerprint density at radius 1 is 1.27 bits per heavy atom. The number of carbonyl (C=O) groups is 2. The highest BCUT2D eigenvalue weighted by molar-refractivity contribution is 6.01. The average Bonchev–Trinajstić information content (AvgIpc) is 1.88. The Labute approximate surface area is 65.7 Å². The molecule has 62 valence electrons. The van der Waals surface area contributed by atoms with Gasteiger partial charge in [0.05, 0.1) is 0 Å². The summed E-state index contributed by atoms with van der Waals surface area (Å²) >= 11 is 0. The third-order valence-electron chi connectivity index (χ3n) is 1.59. The van der Waals surface area contributed by atoms with Crippen molar-refractivity contribution in [1.82, 2.24) is 0 Å². The van der Waals surface area contributed by atoms with Crippen LogP contribution in [-0.4, -0.2) is 16.9 Å². The van der Waals surface area contributed by atoms with E-state index in [9.17, 15) is 9.59 Å². The van der Waals surface area contributed by atoms with Gasteiger partial charge < -0.3 is 5.11 Å². The van der Waals surface area contributed by atoms with Gasteiger partial charge in [-0.15, -0.1) is 0 Å². The van der Waals surface area contributed by atoms with Crippen LogP contribution in [0.1, 0.15) is 27.2 Å². The minimum absolute atomic E-state index is 0.177. The first-order chi connectivity index (χ1) is 5.00. The van der Waals surface area contributed by atoms with Crippen molar-refractivity contribution in [3.8, 4) is 0 Å². The second kappa shape index (κ2) is 3.91. The molecular formula is C8H12O3. The van der Waals surface area contributed by atoms with E-state index in [1.807, 2.05) is 0 Å². The molecule has 0 aromatic heterocycles. The quantitative estimate of drug-likeness (QED) is 0.628. The molecule has 0 amide bonds. The Morgan fingerprint density at radius 2 is 1.73 bits per heavy atom. The summed E-state index contributed by atoms with van der Waals surface area (Å²) in [6, 6.07) is 0. The Balaban J connectivity index is 4.83. The van der Waals surface area contributed by atoms with Crippen LogP contribution in [-0.2, 0) is 9.59 Å². The van der Waals surface area contributed by atoms with Crippen molar-refractivity contribution in [3.63, 3.8) is 0 Å². The molecule has 0 saturated carbocycles. The normalized spacial score (nSPS) is 12.3. The Bertz CT molecular complexity index is 213. The van der Waals surface area contributed by atoms with E-state index in [1.54, 1.807) is 6.92 Å². The number of hydrogen-bond acceptors (Lipinski definition) is 2. The van der Waals surface area contributed by atoms with Crippen LogP contribution in [0, 0.1) is 0 Å². The Hall–Kier alpha value is -1.12. The van der Waals surface area contributed by atoms with Gasteiger partial charge in [-0.1, -0.05) is 6.92 Å². The minimum Gasteiger partial charge on any atom is -0.478 e. The van der Waals surface area contributed by atoms with Gasteiger partial charge in [-0.05, 0) is 20.3 Å². The molecule has 0 heterocycles. The molecule has 0 aliphatic heterocycles. The molecule has 0 radical (unpaired) electrons. The fourth-order valence-electron chi connectivity index (χ4n) is 0.789. The summed E-state index contributed by atoms with van der Waals surface area (Å²) in [5.74, 6) is -1.18. The van der Waals surface area contributed by atoms with Crippen molar-refractivity contribution in [3.05, 3.63) is 11.1 Å². The second-order valence-corrected chi connectivity index (χ2v) is 2.32. The van der Waals surface area contributed by atoms with Crippen LogP contribution in [0.3, 0.4) is 0 Å². The number of carboxylic acids is 1. The zero-order chi connectivity index (χ0) is 9.02. The smallest absolute Gasteiger partial charge is 0.331 e. The number of allylic oxidation sites excluding steroid dienone is 1. The summed E-state index contributed by atoms with van der Waals surface area (Å²) in [4.78, 5) is 21.2. The molecule has 0 unspecified atom stereocenters. The number of carboxylic acid groups (broad SMARTS) is 1. The number of aliphatic carboxylic acids is 1. The molecule has 3 heteroatoms. The molecule has 3 nitrogen and oxygen atoms in total. The molecule has 0 fully saturated rings. The zero-order valence-electron chi connectivity index (χ0n) is 6.97. The highest BCUT2D eigenvalue weighted by atomic mass is 16.4. The first-order valence-electron chi connectivity index (χ1n) is 3.44. The molecule has 0 spiro atoms. The monoisotopic (exact) mass is 156 g/mol. The number of hydrogen-bond donors (Lipinski definition) is 1. The van der Waals surface area contributed by atoms with E-state index >= 15 is 0 Å². The maximum absolute atomic E-state index is 10.7. The number of Topliss-reactive ketones (excluding diaryl/α,β-unsaturated/α-hetero) is 1. The molecule has 0 rings (SSSR count). The standard InChI is InChI=1S/C8H12O3/c1-4-7(8(10)11)5(2)6(3)9/h4H2,1-3H3,(H,10,11)/b7-5-. The SMILES string of the molecule is CC/C(C(=O)O)=C(\C)C(C)=O. The van der Waals surface area contributed by atoms with Crippen molar-refractivity contribution in [2.45, 2.75) is 27.2 Å². The van der Waals surface area contributed by atoms with Gasteiger partial charge in [-0.25, -0.2) is 4.79 Å². The Kier molecular flexibility index (Phi) is 3.51. The summed E-state index contributed by atoms with van der Waals surface area (Å²) in [6.45, 7) is 4.62. The summed E-state index contributed by atoms with van der Waals surface area (Å²) < 4.78 is 0. The third-order valence-corrected chi connectivity index (χ3v) is 1.59. The summed E-state index contributed by atoms with van der Waals surface area (Å²) in [6.07, 6.45) is 0.390. The minimum atomic E-state index is -1.000. The van der Waals surface area contributed by atoms with Gasteiger partial charge in [0.1, 0.15) is 0 Å². The van der Waals surface area contributed by atoms with Crippen molar-refractivity contribution in [2.24, 2.45) is 0 Å². The molecule has 0 aromatic carbocycles. The second-order valence-electron chi connectivity index (χ2n) is 2.32. The summed E-state index contributed by atoms with van der Waals surface area (Å²) in [5.41, 5.74) is 0.553. The number of rotatable bonds is 3. The first-order valence-corrected chi connectivity index (χ1v) is 3.44. The lowest BCUT2D eigenvalue weighted by atomic mass is 10.0. The highest BCUT2D eigenvalue weighted by Gasteiger charge is 2.11. The molecule has 0 aliphatic rings. The fraction of sp³-hybridized carbons (Fsp3) is 0.500. The maximum atomic E-state index is 10.7. The van der Waals surface area contributed by atoms with Crippen LogP contribution in [0.5, 0.6) is 0 Å².